The number of carbonyl (C=O) groups excluding carboxylic acids is 2. The van der Waals surface area contributed by atoms with E-state index < -0.39 is 17.6 Å². The van der Waals surface area contributed by atoms with E-state index in [9.17, 15) is 18.8 Å². The molecule has 4 rings (SSSR count). The SMILES string of the molecule is CC(C)n1nc(C(=O)NNC(=O)c2cnc(-c3ccccc3F)s2)c2ccccc2c1=O. The van der Waals surface area contributed by atoms with Gasteiger partial charge in [-0.15, -0.1) is 11.3 Å². The number of nitrogens with zero attached hydrogens (tertiary/aromatic N) is 3. The van der Waals surface area contributed by atoms with Crippen molar-refractivity contribution in [2.45, 2.75) is 19.9 Å². The second kappa shape index (κ2) is 8.67. The molecule has 2 heterocycles. The van der Waals surface area contributed by atoms with Gasteiger partial charge in [-0.1, -0.05) is 30.3 Å². The molecule has 4 aromatic rings. The molecule has 0 fully saturated rings. The molecule has 2 aromatic heterocycles. The van der Waals surface area contributed by atoms with Crippen LogP contribution in [0.1, 0.15) is 40.0 Å². The third-order valence-electron chi connectivity index (χ3n) is 4.66. The lowest BCUT2D eigenvalue weighted by atomic mass is 10.1. The molecule has 0 bridgehead atoms. The maximum atomic E-state index is 14.0. The smallest absolute Gasteiger partial charge is 0.267 e. The van der Waals surface area contributed by atoms with Gasteiger partial charge >= 0.3 is 0 Å². The van der Waals surface area contributed by atoms with Crippen LogP contribution in [0, 0.1) is 5.82 Å². The van der Waals surface area contributed by atoms with Gasteiger partial charge in [-0.3, -0.25) is 25.2 Å². The van der Waals surface area contributed by atoms with Gasteiger partial charge in [-0.25, -0.2) is 14.1 Å². The summed E-state index contributed by atoms with van der Waals surface area (Å²) < 4.78 is 15.2. The van der Waals surface area contributed by atoms with Gasteiger partial charge in [0.05, 0.1) is 17.6 Å². The fraction of sp³-hybridized carbons (Fsp3) is 0.136. The predicted molar refractivity (Wildman–Crippen MR) is 119 cm³/mol. The number of halogens is 1. The van der Waals surface area contributed by atoms with E-state index in [-0.39, 0.29) is 27.7 Å². The van der Waals surface area contributed by atoms with E-state index in [0.717, 1.165) is 11.3 Å². The van der Waals surface area contributed by atoms with Crippen molar-refractivity contribution in [3.63, 3.8) is 0 Å². The number of nitrogens with one attached hydrogen (secondary N) is 2. The minimum absolute atomic E-state index is 0.00514. The van der Waals surface area contributed by atoms with Gasteiger partial charge in [-0.2, -0.15) is 5.10 Å². The van der Waals surface area contributed by atoms with E-state index in [0.29, 0.717) is 15.8 Å². The molecular formula is C22H18FN5O3S. The summed E-state index contributed by atoms with van der Waals surface area (Å²) in [5.74, 6) is -1.73. The summed E-state index contributed by atoms with van der Waals surface area (Å²) in [5, 5.41) is 5.26. The third kappa shape index (κ3) is 4.00. The molecule has 2 N–H and O–H groups in total. The number of hydrogen-bond donors (Lipinski definition) is 2. The number of thiazole rings is 1. The Labute approximate surface area is 185 Å². The number of rotatable bonds is 4. The molecule has 8 nitrogen and oxygen atoms in total. The van der Waals surface area contributed by atoms with Gasteiger partial charge in [0.1, 0.15) is 15.7 Å². The lowest BCUT2D eigenvalue weighted by molar-refractivity contribution is 0.0845. The predicted octanol–water partition coefficient (Wildman–Crippen LogP) is 3.31. The summed E-state index contributed by atoms with van der Waals surface area (Å²) in [4.78, 5) is 42.1. The molecule has 0 saturated heterocycles. The summed E-state index contributed by atoms with van der Waals surface area (Å²) in [6.07, 6.45) is 1.31. The number of aromatic nitrogens is 3. The van der Waals surface area contributed by atoms with E-state index in [1.54, 1.807) is 56.3 Å². The Kier molecular flexibility index (Phi) is 5.78. The van der Waals surface area contributed by atoms with Crippen LogP contribution in [-0.4, -0.2) is 26.6 Å². The molecular weight excluding hydrogens is 433 g/mol. The first-order valence-corrected chi connectivity index (χ1v) is 10.5. The number of hydrazine groups is 1. The Bertz CT molecular complexity index is 1400. The fourth-order valence-corrected chi connectivity index (χ4v) is 3.94. The molecule has 0 spiro atoms. The first kappa shape index (κ1) is 21.3. The van der Waals surface area contributed by atoms with Crippen LogP contribution in [0.4, 0.5) is 4.39 Å². The number of fused-ring (bicyclic) bond motifs is 1. The highest BCUT2D eigenvalue weighted by atomic mass is 32.1. The molecule has 0 aliphatic heterocycles. The van der Waals surface area contributed by atoms with Crippen molar-refractivity contribution in [2.75, 3.05) is 0 Å². The van der Waals surface area contributed by atoms with Crippen LogP contribution in [-0.2, 0) is 0 Å². The number of hydrogen-bond acceptors (Lipinski definition) is 6. The van der Waals surface area contributed by atoms with Gasteiger partial charge in [0.25, 0.3) is 17.4 Å². The summed E-state index contributed by atoms with van der Waals surface area (Å²) in [6.45, 7) is 3.56. The van der Waals surface area contributed by atoms with Crippen LogP contribution >= 0.6 is 11.3 Å². The maximum Gasteiger partial charge on any atom is 0.290 e. The molecule has 0 radical (unpaired) electrons. The number of carbonyl (C=O) groups is 2. The summed E-state index contributed by atoms with van der Waals surface area (Å²) in [5.41, 5.74) is 4.62. The van der Waals surface area contributed by atoms with E-state index in [1.807, 2.05) is 0 Å². The molecule has 0 unspecified atom stereocenters. The quantitative estimate of drug-likeness (QED) is 0.463. The molecule has 162 valence electrons. The van der Waals surface area contributed by atoms with Gasteiger partial charge in [-0.05, 0) is 32.0 Å². The van der Waals surface area contributed by atoms with Crippen molar-refractivity contribution in [3.05, 3.63) is 81.5 Å². The topological polar surface area (TPSA) is 106 Å². The highest BCUT2D eigenvalue weighted by molar-refractivity contribution is 7.16. The van der Waals surface area contributed by atoms with E-state index in [2.05, 4.69) is 20.9 Å². The van der Waals surface area contributed by atoms with E-state index >= 15 is 0 Å². The van der Waals surface area contributed by atoms with Crippen LogP contribution in [0.2, 0.25) is 0 Å². The van der Waals surface area contributed by atoms with Crippen LogP contribution in [0.3, 0.4) is 0 Å². The zero-order valence-electron chi connectivity index (χ0n) is 17.1. The van der Waals surface area contributed by atoms with Crippen LogP contribution in [0.15, 0.2) is 59.5 Å². The summed E-state index contributed by atoms with van der Waals surface area (Å²) >= 11 is 0.991. The Hall–Kier alpha value is -3.92. The van der Waals surface area contributed by atoms with Gasteiger partial charge in [0.15, 0.2) is 5.69 Å². The Balaban J connectivity index is 1.55. The molecule has 10 heteroatoms. The average Bonchev–Trinajstić information content (AvgIpc) is 3.28. The van der Waals surface area contributed by atoms with Crippen molar-refractivity contribution >= 4 is 33.9 Å². The Morgan fingerprint density at radius 1 is 1.00 bits per heavy atom. The van der Waals surface area contributed by atoms with Crippen molar-refractivity contribution in [1.29, 1.82) is 0 Å². The maximum absolute atomic E-state index is 14.0. The van der Waals surface area contributed by atoms with E-state index in [4.69, 9.17) is 0 Å². The zero-order valence-corrected chi connectivity index (χ0v) is 17.9. The lowest BCUT2D eigenvalue weighted by Gasteiger charge is -2.13. The van der Waals surface area contributed by atoms with Crippen molar-refractivity contribution < 1.29 is 14.0 Å². The molecule has 2 aromatic carbocycles. The van der Waals surface area contributed by atoms with Crippen molar-refractivity contribution in [3.8, 4) is 10.6 Å². The molecule has 0 saturated carbocycles. The lowest BCUT2D eigenvalue weighted by Crippen LogP contribution is -2.42. The Morgan fingerprint density at radius 2 is 1.66 bits per heavy atom. The summed E-state index contributed by atoms with van der Waals surface area (Å²) in [7, 11) is 0. The van der Waals surface area contributed by atoms with Crippen molar-refractivity contribution in [1.82, 2.24) is 25.6 Å². The number of benzene rings is 2. The first-order valence-electron chi connectivity index (χ1n) is 9.69. The number of amides is 2. The molecule has 2 amide bonds. The molecule has 32 heavy (non-hydrogen) atoms. The second-order valence-corrected chi connectivity index (χ2v) is 8.19. The molecule has 0 aliphatic rings. The normalized spacial score (nSPS) is 11.0. The van der Waals surface area contributed by atoms with Crippen LogP contribution < -0.4 is 16.4 Å². The molecule has 0 aliphatic carbocycles. The zero-order chi connectivity index (χ0) is 22.8. The fourth-order valence-electron chi connectivity index (χ4n) is 3.10. The van der Waals surface area contributed by atoms with Gasteiger partial charge < -0.3 is 0 Å². The second-order valence-electron chi connectivity index (χ2n) is 7.16. The summed E-state index contributed by atoms with van der Waals surface area (Å²) in [6, 6.07) is 12.5. The van der Waals surface area contributed by atoms with E-state index in [1.165, 1.54) is 16.9 Å². The largest absolute Gasteiger partial charge is 0.290 e. The molecule has 0 atom stereocenters. The van der Waals surface area contributed by atoms with Crippen LogP contribution in [0.5, 0.6) is 0 Å². The first-order chi connectivity index (χ1) is 15.4. The third-order valence-corrected chi connectivity index (χ3v) is 5.69. The highest BCUT2D eigenvalue weighted by Crippen LogP contribution is 2.27. The Morgan fingerprint density at radius 3 is 2.38 bits per heavy atom. The highest BCUT2D eigenvalue weighted by Gasteiger charge is 2.19. The van der Waals surface area contributed by atoms with Crippen LogP contribution in [0.25, 0.3) is 21.3 Å². The standard InChI is InChI=1S/C22H18FN5O3S/c1-12(2)28-22(31)14-8-4-3-7-13(14)18(27-28)20(30)26-25-19(29)17-11-24-21(32-17)15-9-5-6-10-16(15)23/h3-12H,1-2H3,(H,25,29)(H,26,30). The monoisotopic (exact) mass is 451 g/mol. The minimum atomic E-state index is -0.678. The van der Waals surface area contributed by atoms with Gasteiger partial charge in [0.2, 0.25) is 0 Å². The average molecular weight is 451 g/mol. The van der Waals surface area contributed by atoms with Crippen molar-refractivity contribution in [2.24, 2.45) is 0 Å². The minimum Gasteiger partial charge on any atom is -0.267 e. The van der Waals surface area contributed by atoms with Gasteiger partial charge in [0, 0.05) is 10.9 Å².